The van der Waals surface area contributed by atoms with Crippen molar-refractivity contribution in [3.63, 3.8) is 0 Å². The van der Waals surface area contributed by atoms with E-state index in [4.69, 9.17) is 23.2 Å². The highest BCUT2D eigenvalue weighted by molar-refractivity contribution is 7.99. The van der Waals surface area contributed by atoms with Gasteiger partial charge in [-0.25, -0.2) is 0 Å². The van der Waals surface area contributed by atoms with Crippen LogP contribution in [0.1, 0.15) is 30.5 Å². The minimum atomic E-state index is -0.636. The average Bonchev–Trinajstić information content (AvgIpc) is 2.87. The predicted molar refractivity (Wildman–Crippen MR) is 151 cm³/mol. The van der Waals surface area contributed by atoms with Crippen molar-refractivity contribution >= 4 is 46.8 Å². The van der Waals surface area contributed by atoms with Crippen LogP contribution in [0.25, 0.3) is 0 Å². The zero-order chi connectivity index (χ0) is 25.9. The molecule has 36 heavy (non-hydrogen) atoms. The molecule has 0 unspecified atom stereocenters. The number of nitrogens with one attached hydrogen (secondary N) is 1. The van der Waals surface area contributed by atoms with E-state index in [1.165, 1.54) is 11.8 Å². The Morgan fingerprint density at radius 2 is 1.44 bits per heavy atom. The van der Waals surface area contributed by atoms with Crippen molar-refractivity contribution < 1.29 is 9.59 Å². The monoisotopic (exact) mass is 542 g/mol. The lowest BCUT2D eigenvalue weighted by atomic mass is 10.0. The largest absolute Gasteiger partial charge is 0.354 e. The molecule has 0 saturated heterocycles. The van der Waals surface area contributed by atoms with Crippen LogP contribution in [0.2, 0.25) is 10.0 Å². The molecule has 0 aliphatic rings. The molecule has 3 aromatic carbocycles. The first-order chi connectivity index (χ1) is 17.3. The highest BCUT2D eigenvalue weighted by atomic mass is 35.5. The van der Waals surface area contributed by atoms with Crippen molar-refractivity contribution in [3.8, 4) is 0 Å². The molecule has 0 bridgehead atoms. The molecule has 3 aromatic rings. The summed E-state index contributed by atoms with van der Waals surface area (Å²) in [6.07, 6.45) is 0.435. The van der Waals surface area contributed by atoms with Crippen LogP contribution >= 0.6 is 35.0 Å². The van der Waals surface area contributed by atoms with Gasteiger partial charge in [0.2, 0.25) is 11.8 Å². The van der Waals surface area contributed by atoms with Gasteiger partial charge in [-0.2, -0.15) is 0 Å². The SMILES string of the molecule is CC(C)CNC(=O)[C@H](Cc1ccccc1)N(Cc1ccccc1)C(=O)CSCc1c(Cl)cccc1Cl. The van der Waals surface area contributed by atoms with E-state index in [2.05, 4.69) is 19.2 Å². The van der Waals surface area contributed by atoms with Gasteiger partial charge in [0, 0.05) is 35.3 Å². The van der Waals surface area contributed by atoms with Gasteiger partial charge < -0.3 is 10.2 Å². The first-order valence-electron chi connectivity index (χ1n) is 12.0. The van der Waals surface area contributed by atoms with Gasteiger partial charge in [-0.3, -0.25) is 9.59 Å². The topological polar surface area (TPSA) is 49.4 Å². The van der Waals surface area contributed by atoms with E-state index < -0.39 is 6.04 Å². The molecule has 0 spiro atoms. The quantitative estimate of drug-likeness (QED) is 0.279. The summed E-state index contributed by atoms with van der Waals surface area (Å²) in [5.74, 6) is 0.771. The Bertz CT molecular complexity index is 1110. The summed E-state index contributed by atoms with van der Waals surface area (Å²) in [4.78, 5) is 28.8. The van der Waals surface area contributed by atoms with Crippen LogP contribution in [0.3, 0.4) is 0 Å². The number of thioether (sulfide) groups is 1. The Balaban J connectivity index is 1.83. The number of carbonyl (C=O) groups is 2. The Morgan fingerprint density at radius 3 is 2.03 bits per heavy atom. The second-order valence-corrected chi connectivity index (χ2v) is 10.8. The van der Waals surface area contributed by atoms with Crippen LogP contribution < -0.4 is 5.32 Å². The third kappa shape index (κ3) is 8.58. The number of nitrogens with zero attached hydrogens (tertiary/aromatic N) is 1. The number of hydrogen-bond acceptors (Lipinski definition) is 3. The van der Waals surface area contributed by atoms with E-state index in [1.54, 1.807) is 23.1 Å². The second kappa shape index (κ2) is 14.3. The van der Waals surface area contributed by atoms with E-state index in [0.29, 0.717) is 41.2 Å². The van der Waals surface area contributed by atoms with Gasteiger partial charge in [0.1, 0.15) is 6.04 Å². The van der Waals surface area contributed by atoms with Crippen LogP contribution in [0, 0.1) is 5.92 Å². The minimum absolute atomic E-state index is 0.104. The summed E-state index contributed by atoms with van der Waals surface area (Å²) < 4.78 is 0. The molecule has 0 fully saturated rings. The minimum Gasteiger partial charge on any atom is -0.354 e. The number of hydrogen-bond donors (Lipinski definition) is 1. The Hall–Kier alpha value is -2.47. The van der Waals surface area contributed by atoms with Crippen molar-refractivity contribution in [2.75, 3.05) is 12.3 Å². The molecule has 1 atom stereocenters. The molecular weight excluding hydrogens is 511 g/mol. The average molecular weight is 544 g/mol. The van der Waals surface area contributed by atoms with E-state index in [-0.39, 0.29) is 17.6 Å². The van der Waals surface area contributed by atoms with Crippen LogP contribution in [0.5, 0.6) is 0 Å². The van der Waals surface area contributed by atoms with Crippen LogP contribution in [0.4, 0.5) is 0 Å². The number of rotatable bonds is 12. The predicted octanol–water partition coefficient (Wildman–Crippen LogP) is 6.64. The van der Waals surface area contributed by atoms with Crippen molar-refractivity contribution in [1.82, 2.24) is 10.2 Å². The van der Waals surface area contributed by atoms with Crippen LogP contribution in [0.15, 0.2) is 78.9 Å². The van der Waals surface area contributed by atoms with Gasteiger partial charge >= 0.3 is 0 Å². The zero-order valence-corrected chi connectivity index (χ0v) is 23.0. The molecule has 7 heteroatoms. The molecule has 0 heterocycles. The fraction of sp³-hybridized carbons (Fsp3) is 0.310. The van der Waals surface area contributed by atoms with Crippen molar-refractivity contribution in [1.29, 1.82) is 0 Å². The summed E-state index contributed by atoms with van der Waals surface area (Å²) in [6.45, 7) is 5.00. The third-order valence-corrected chi connectivity index (χ3v) is 7.34. The number of carbonyl (C=O) groups excluding carboxylic acids is 2. The number of amides is 2. The first kappa shape index (κ1) is 28.1. The van der Waals surface area contributed by atoms with Gasteiger partial charge in [0.25, 0.3) is 0 Å². The molecule has 4 nitrogen and oxygen atoms in total. The summed E-state index contributed by atoms with van der Waals surface area (Å²) in [5, 5.41) is 4.21. The smallest absolute Gasteiger partial charge is 0.243 e. The normalized spacial score (nSPS) is 11.8. The highest BCUT2D eigenvalue weighted by Crippen LogP contribution is 2.28. The van der Waals surface area contributed by atoms with Crippen molar-refractivity contribution in [2.45, 2.75) is 38.6 Å². The van der Waals surface area contributed by atoms with Crippen LogP contribution in [-0.4, -0.2) is 35.1 Å². The van der Waals surface area contributed by atoms with E-state index in [0.717, 1.165) is 16.7 Å². The molecule has 0 saturated carbocycles. The summed E-state index contributed by atoms with van der Waals surface area (Å²) in [7, 11) is 0. The third-order valence-electron chi connectivity index (χ3n) is 5.69. The second-order valence-electron chi connectivity index (χ2n) is 9.04. The lowest BCUT2D eigenvalue weighted by Crippen LogP contribution is -2.51. The Labute approximate surface area is 228 Å². The number of halogens is 2. The fourth-order valence-corrected chi connectivity index (χ4v) is 5.40. The van der Waals surface area contributed by atoms with Gasteiger partial charge in [0.05, 0.1) is 5.75 Å². The lowest BCUT2D eigenvalue weighted by Gasteiger charge is -2.32. The first-order valence-corrected chi connectivity index (χ1v) is 13.9. The van der Waals surface area contributed by atoms with E-state index >= 15 is 0 Å². The van der Waals surface area contributed by atoms with Crippen molar-refractivity contribution in [2.24, 2.45) is 5.92 Å². The molecule has 3 rings (SSSR count). The fourth-order valence-electron chi connectivity index (χ4n) is 3.75. The molecule has 1 N–H and O–H groups in total. The van der Waals surface area contributed by atoms with Crippen molar-refractivity contribution in [3.05, 3.63) is 106 Å². The molecule has 0 aromatic heterocycles. The molecule has 0 aliphatic heterocycles. The highest BCUT2D eigenvalue weighted by Gasteiger charge is 2.30. The molecule has 0 aliphatic carbocycles. The number of benzene rings is 3. The van der Waals surface area contributed by atoms with Crippen LogP contribution in [-0.2, 0) is 28.3 Å². The molecule has 0 radical (unpaired) electrons. The van der Waals surface area contributed by atoms with E-state index in [1.807, 2.05) is 60.7 Å². The Kier molecular flexibility index (Phi) is 11.2. The van der Waals surface area contributed by atoms with Gasteiger partial charge in [-0.1, -0.05) is 104 Å². The maximum Gasteiger partial charge on any atom is 0.243 e. The molecular formula is C29H32Cl2N2O2S. The summed E-state index contributed by atoms with van der Waals surface area (Å²) in [5.41, 5.74) is 2.78. The van der Waals surface area contributed by atoms with E-state index in [9.17, 15) is 9.59 Å². The lowest BCUT2D eigenvalue weighted by molar-refractivity contribution is -0.139. The Morgan fingerprint density at radius 1 is 0.861 bits per heavy atom. The van der Waals surface area contributed by atoms with Gasteiger partial charge in [0.15, 0.2) is 0 Å². The maximum atomic E-state index is 13.6. The van der Waals surface area contributed by atoms with Gasteiger partial charge in [-0.05, 0) is 34.7 Å². The zero-order valence-electron chi connectivity index (χ0n) is 20.6. The summed E-state index contributed by atoms with van der Waals surface area (Å²) >= 11 is 14.1. The molecule has 2 amide bonds. The standard InChI is InChI=1S/C29H32Cl2N2O2S/c1-21(2)17-32-29(35)27(16-22-10-5-3-6-11-22)33(18-23-12-7-4-8-13-23)28(34)20-36-19-24-25(30)14-9-15-26(24)31/h3-15,21,27H,16-20H2,1-2H3,(H,32,35)/t27-/m0/s1. The molecule has 190 valence electrons. The van der Waals surface area contributed by atoms with Gasteiger partial charge in [-0.15, -0.1) is 11.8 Å². The summed E-state index contributed by atoms with van der Waals surface area (Å²) in [6, 6.07) is 24.3. The maximum absolute atomic E-state index is 13.6.